The molecule has 0 aliphatic heterocycles. The van der Waals surface area contributed by atoms with E-state index in [1.807, 2.05) is 0 Å². The molecule has 0 fully saturated rings. The topological polar surface area (TPSA) is 4.41 Å². The molecule has 0 aliphatic rings. The highest BCUT2D eigenvalue weighted by Gasteiger charge is 2.08. The molecule has 2 heterocycles. The van der Waals surface area contributed by atoms with E-state index in [0.29, 0.717) is 0 Å². The monoisotopic (exact) mass is 369 g/mol. The van der Waals surface area contributed by atoms with E-state index in [9.17, 15) is 0 Å². The van der Waals surface area contributed by atoms with Crippen LogP contribution in [0.15, 0.2) is 73.1 Å². The molecule has 0 unspecified atom stereocenters. The van der Waals surface area contributed by atoms with Gasteiger partial charge in [-0.1, -0.05) is 36.4 Å². The van der Waals surface area contributed by atoms with Gasteiger partial charge in [0.1, 0.15) is 0 Å². The summed E-state index contributed by atoms with van der Waals surface area (Å²) in [5, 5.41) is 2.58. The average Bonchev–Trinajstić information content (AvgIpc) is 2.92. The highest BCUT2D eigenvalue weighted by molar-refractivity contribution is 14.1. The summed E-state index contributed by atoms with van der Waals surface area (Å²) in [5.74, 6) is 0. The Labute approximate surface area is 131 Å². The third-order valence-electron chi connectivity index (χ3n) is 3.70. The van der Waals surface area contributed by atoms with Crippen molar-refractivity contribution in [2.45, 2.75) is 0 Å². The quantitative estimate of drug-likeness (QED) is 0.398. The molecule has 0 saturated heterocycles. The smallest absolute Gasteiger partial charge is 0.0606 e. The summed E-state index contributed by atoms with van der Waals surface area (Å²) in [6.45, 7) is 0. The summed E-state index contributed by atoms with van der Waals surface area (Å²) < 4.78 is 3.47. The van der Waals surface area contributed by atoms with Crippen LogP contribution in [-0.2, 0) is 0 Å². The van der Waals surface area contributed by atoms with Crippen molar-refractivity contribution in [3.8, 4) is 11.1 Å². The van der Waals surface area contributed by atoms with Gasteiger partial charge in [0.15, 0.2) is 0 Å². The van der Waals surface area contributed by atoms with Crippen molar-refractivity contribution >= 4 is 38.9 Å². The van der Waals surface area contributed by atoms with Crippen molar-refractivity contribution in [1.82, 2.24) is 4.40 Å². The Morgan fingerprint density at radius 1 is 0.750 bits per heavy atom. The number of fused-ring (bicyclic) bond motifs is 3. The van der Waals surface area contributed by atoms with E-state index in [1.165, 1.54) is 31.0 Å². The first-order valence-electron chi connectivity index (χ1n) is 6.57. The van der Waals surface area contributed by atoms with Crippen LogP contribution in [0.4, 0.5) is 0 Å². The Kier molecular flexibility index (Phi) is 2.77. The van der Waals surface area contributed by atoms with Crippen LogP contribution in [-0.4, -0.2) is 4.40 Å². The molecule has 1 nitrogen and oxygen atoms in total. The first kappa shape index (κ1) is 12.0. The summed E-state index contributed by atoms with van der Waals surface area (Å²) in [6, 6.07) is 21.6. The lowest BCUT2D eigenvalue weighted by Gasteiger charge is -2.05. The molecule has 0 atom stereocenters. The van der Waals surface area contributed by atoms with Crippen LogP contribution >= 0.6 is 22.6 Å². The van der Waals surface area contributed by atoms with E-state index in [-0.39, 0.29) is 0 Å². The maximum atomic E-state index is 2.34. The number of rotatable bonds is 1. The Morgan fingerprint density at radius 2 is 1.50 bits per heavy atom. The van der Waals surface area contributed by atoms with Crippen LogP contribution in [0.5, 0.6) is 0 Å². The Morgan fingerprint density at radius 3 is 2.35 bits per heavy atom. The van der Waals surface area contributed by atoms with Gasteiger partial charge in [0.05, 0.1) is 5.52 Å². The summed E-state index contributed by atoms with van der Waals surface area (Å²) in [4.78, 5) is 0. The van der Waals surface area contributed by atoms with E-state index in [1.54, 1.807) is 0 Å². The van der Waals surface area contributed by atoms with Gasteiger partial charge < -0.3 is 4.40 Å². The molecule has 2 aromatic heterocycles. The number of halogens is 1. The number of hydrogen-bond acceptors (Lipinski definition) is 0. The number of pyridine rings is 1. The van der Waals surface area contributed by atoms with Crippen LogP contribution < -0.4 is 0 Å². The molecule has 0 saturated carbocycles. The van der Waals surface area contributed by atoms with E-state index >= 15 is 0 Å². The van der Waals surface area contributed by atoms with Crippen molar-refractivity contribution in [3.63, 3.8) is 0 Å². The normalized spacial score (nSPS) is 11.2. The molecule has 0 bridgehead atoms. The largest absolute Gasteiger partial charge is 0.323 e. The van der Waals surface area contributed by atoms with Gasteiger partial charge in [0.2, 0.25) is 0 Å². The predicted octanol–water partition coefficient (Wildman–Crippen LogP) is 5.36. The molecule has 4 aromatic rings. The maximum Gasteiger partial charge on any atom is 0.0606 e. The molecule has 4 rings (SSSR count). The van der Waals surface area contributed by atoms with Crippen LogP contribution in [0, 0.1) is 3.57 Å². The lowest BCUT2D eigenvalue weighted by atomic mass is 10.0. The Hall–Kier alpha value is -1.81. The van der Waals surface area contributed by atoms with Crippen molar-refractivity contribution in [3.05, 3.63) is 76.6 Å². The maximum absolute atomic E-state index is 2.34. The summed E-state index contributed by atoms with van der Waals surface area (Å²) >= 11 is 2.34. The summed E-state index contributed by atoms with van der Waals surface area (Å²) in [5.41, 5.74) is 3.84. The van der Waals surface area contributed by atoms with Gasteiger partial charge in [-0.3, -0.25) is 0 Å². The molecular formula is C18H12IN. The predicted molar refractivity (Wildman–Crippen MR) is 93.1 cm³/mol. The fraction of sp³-hybridized carbons (Fsp3) is 0. The lowest BCUT2D eigenvalue weighted by Crippen LogP contribution is -1.85. The minimum Gasteiger partial charge on any atom is -0.323 e. The van der Waals surface area contributed by atoms with Crippen molar-refractivity contribution in [2.24, 2.45) is 0 Å². The first-order chi connectivity index (χ1) is 9.83. The van der Waals surface area contributed by atoms with Crippen LogP contribution in [0.1, 0.15) is 0 Å². The molecule has 2 heteroatoms. The summed E-state index contributed by atoms with van der Waals surface area (Å²) in [7, 11) is 0. The summed E-state index contributed by atoms with van der Waals surface area (Å²) in [6.07, 6.45) is 4.27. The number of nitrogens with zero attached hydrogens (tertiary/aromatic N) is 1. The first-order valence-corrected chi connectivity index (χ1v) is 7.65. The molecule has 0 aliphatic carbocycles. The van der Waals surface area contributed by atoms with Crippen molar-refractivity contribution < 1.29 is 0 Å². The van der Waals surface area contributed by atoms with Crippen molar-refractivity contribution in [2.75, 3.05) is 0 Å². The molecule has 0 radical (unpaired) electrons. The highest BCUT2D eigenvalue weighted by Crippen LogP contribution is 2.31. The van der Waals surface area contributed by atoms with E-state index in [0.717, 1.165) is 0 Å². The Bertz CT molecular complexity index is 904. The van der Waals surface area contributed by atoms with Gasteiger partial charge in [0, 0.05) is 26.9 Å². The molecule has 2 aromatic carbocycles. The second-order valence-electron chi connectivity index (χ2n) is 4.90. The Balaban J connectivity index is 2.09. The van der Waals surface area contributed by atoms with Crippen LogP contribution in [0.2, 0.25) is 0 Å². The lowest BCUT2D eigenvalue weighted by molar-refractivity contribution is 1.21. The molecule has 0 N–H and O–H groups in total. The minimum atomic E-state index is 1.26. The molecule has 0 spiro atoms. The van der Waals surface area contributed by atoms with Gasteiger partial charge in [-0.25, -0.2) is 0 Å². The standard InChI is InChI=1S/C18H12IN/c19-15-7-5-14(6-8-15)17-10-12-20-11-9-13-3-1-2-4-16(13)18(17)20/h1-12H. The van der Waals surface area contributed by atoms with E-state index in [4.69, 9.17) is 0 Å². The van der Waals surface area contributed by atoms with Crippen molar-refractivity contribution in [1.29, 1.82) is 0 Å². The number of hydrogen-bond donors (Lipinski definition) is 0. The fourth-order valence-corrected chi connectivity index (χ4v) is 3.10. The average molecular weight is 369 g/mol. The van der Waals surface area contributed by atoms with Gasteiger partial charge in [0.25, 0.3) is 0 Å². The third-order valence-corrected chi connectivity index (χ3v) is 4.42. The van der Waals surface area contributed by atoms with Crippen LogP contribution in [0.3, 0.4) is 0 Å². The molecule has 20 heavy (non-hydrogen) atoms. The zero-order valence-corrected chi connectivity index (χ0v) is 12.9. The molecule has 0 amide bonds. The van der Waals surface area contributed by atoms with Crippen LogP contribution in [0.25, 0.3) is 27.4 Å². The second-order valence-corrected chi connectivity index (χ2v) is 6.14. The molecular weight excluding hydrogens is 357 g/mol. The number of aromatic nitrogens is 1. The van der Waals surface area contributed by atoms with Gasteiger partial charge in [-0.05, 0) is 57.8 Å². The van der Waals surface area contributed by atoms with Gasteiger partial charge >= 0.3 is 0 Å². The highest BCUT2D eigenvalue weighted by atomic mass is 127. The van der Waals surface area contributed by atoms with Gasteiger partial charge in [-0.2, -0.15) is 0 Å². The third kappa shape index (κ3) is 1.83. The van der Waals surface area contributed by atoms with Gasteiger partial charge in [-0.15, -0.1) is 0 Å². The minimum absolute atomic E-state index is 1.26. The van der Waals surface area contributed by atoms with E-state index < -0.39 is 0 Å². The zero-order valence-electron chi connectivity index (χ0n) is 10.8. The number of benzene rings is 2. The SMILES string of the molecule is Ic1ccc(-c2ccn3ccc4ccccc4c23)cc1. The second kappa shape index (κ2) is 4.63. The zero-order chi connectivity index (χ0) is 13.5. The fourth-order valence-electron chi connectivity index (χ4n) is 2.74. The van der Waals surface area contributed by atoms with E-state index in [2.05, 4.69) is 100 Å². The molecule has 96 valence electrons.